The monoisotopic (exact) mass is 427 g/mol. The molecule has 0 saturated carbocycles. The van der Waals surface area contributed by atoms with Crippen LogP contribution in [-0.4, -0.2) is 40.9 Å². The van der Waals surface area contributed by atoms with Crippen LogP contribution in [-0.2, 0) is 19.6 Å². The molecule has 0 aliphatic carbocycles. The SMILES string of the molecule is COc1cccc(CN(Cc2ccc(-n3cccn3)cc2)c2ccnc(CN(C)C)c2)c1. The number of nitrogens with zero attached hydrogens (tertiary/aromatic N) is 5. The number of anilines is 1. The summed E-state index contributed by atoms with van der Waals surface area (Å²) in [5, 5.41) is 4.31. The van der Waals surface area contributed by atoms with Gasteiger partial charge in [-0.1, -0.05) is 24.3 Å². The molecular formula is C26H29N5O. The van der Waals surface area contributed by atoms with E-state index in [1.165, 1.54) is 11.1 Å². The predicted molar refractivity (Wildman–Crippen MR) is 128 cm³/mol. The summed E-state index contributed by atoms with van der Waals surface area (Å²) in [7, 11) is 5.82. The number of benzene rings is 2. The molecule has 6 nitrogen and oxygen atoms in total. The van der Waals surface area contributed by atoms with Gasteiger partial charge in [0.05, 0.1) is 18.5 Å². The minimum Gasteiger partial charge on any atom is -0.497 e. The number of hydrogen-bond donors (Lipinski definition) is 0. The average Bonchev–Trinajstić information content (AvgIpc) is 3.34. The molecule has 0 spiro atoms. The Morgan fingerprint density at radius 3 is 2.38 bits per heavy atom. The highest BCUT2D eigenvalue weighted by Crippen LogP contribution is 2.23. The van der Waals surface area contributed by atoms with E-state index < -0.39 is 0 Å². The fraction of sp³-hybridized carbons (Fsp3) is 0.231. The normalized spacial score (nSPS) is 11.0. The minimum atomic E-state index is 0.767. The Morgan fingerprint density at radius 2 is 1.66 bits per heavy atom. The molecule has 0 unspecified atom stereocenters. The fourth-order valence-corrected chi connectivity index (χ4v) is 3.70. The highest BCUT2D eigenvalue weighted by atomic mass is 16.5. The zero-order valence-corrected chi connectivity index (χ0v) is 18.8. The molecule has 32 heavy (non-hydrogen) atoms. The first-order chi connectivity index (χ1) is 15.6. The quantitative estimate of drug-likeness (QED) is 0.392. The molecule has 0 atom stereocenters. The molecule has 2 heterocycles. The summed E-state index contributed by atoms with van der Waals surface area (Å²) in [6.45, 7) is 2.35. The van der Waals surface area contributed by atoms with E-state index in [0.717, 1.165) is 42.5 Å². The van der Waals surface area contributed by atoms with Crippen LogP contribution >= 0.6 is 0 Å². The Balaban J connectivity index is 1.61. The Morgan fingerprint density at radius 1 is 0.844 bits per heavy atom. The largest absolute Gasteiger partial charge is 0.497 e. The number of rotatable bonds is 9. The Kier molecular flexibility index (Phi) is 6.82. The Labute approximate surface area is 189 Å². The first-order valence-electron chi connectivity index (χ1n) is 10.7. The van der Waals surface area contributed by atoms with Gasteiger partial charge in [-0.05, 0) is 67.7 Å². The predicted octanol–water partition coefficient (Wildman–Crippen LogP) is 4.54. The van der Waals surface area contributed by atoms with Crippen molar-refractivity contribution in [1.29, 1.82) is 0 Å². The molecule has 0 N–H and O–H groups in total. The second-order valence-electron chi connectivity index (χ2n) is 8.07. The number of hydrogen-bond acceptors (Lipinski definition) is 5. The third-order valence-corrected chi connectivity index (χ3v) is 5.23. The van der Waals surface area contributed by atoms with E-state index in [-0.39, 0.29) is 0 Å². The van der Waals surface area contributed by atoms with Crippen molar-refractivity contribution < 1.29 is 4.74 Å². The van der Waals surface area contributed by atoms with Gasteiger partial charge in [0.25, 0.3) is 0 Å². The molecule has 0 radical (unpaired) electrons. The van der Waals surface area contributed by atoms with E-state index >= 15 is 0 Å². The maximum atomic E-state index is 5.43. The molecule has 4 rings (SSSR count). The molecule has 0 saturated heterocycles. The van der Waals surface area contributed by atoms with Gasteiger partial charge in [-0.3, -0.25) is 4.98 Å². The molecule has 0 amide bonds. The molecular weight excluding hydrogens is 398 g/mol. The number of methoxy groups -OCH3 is 1. The number of ether oxygens (including phenoxy) is 1. The van der Waals surface area contributed by atoms with Gasteiger partial charge in [0, 0.05) is 43.9 Å². The topological polar surface area (TPSA) is 46.4 Å². The minimum absolute atomic E-state index is 0.767. The summed E-state index contributed by atoms with van der Waals surface area (Å²) in [6.07, 6.45) is 5.64. The highest BCUT2D eigenvalue weighted by molar-refractivity contribution is 5.49. The second kappa shape index (κ2) is 10.1. The lowest BCUT2D eigenvalue weighted by atomic mass is 10.1. The maximum absolute atomic E-state index is 5.43. The van der Waals surface area contributed by atoms with Crippen LogP contribution in [0, 0.1) is 0 Å². The highest BCUT2D eigenvalue weighted by Gasteiger charge is 2.11. The van der Waals surface area contributed by atoms with Crippen LogP contribution in [0.5, 0.6) is 5.75 Å². The van der Waals surface area contributed by atoms with Crippen LogP contribution in [0.25, 0.3) is 5.69 Å². The summed E-state index contributed by atoms with van der Waals surface area (Å²) in [6, 6.07) is 23.0. The van der Waals surface area contributed by atoms with Gasteiger partial charge in [0.1, 0.15) is 5.75 Å². The lowest BCUT2D eigenvalue weighted by Crippen LogP contribution is -2.23. The molecule has 164 valence electrons. The van der Waals surface area contributed by atoms with E-state index in [2.05, 4.69) is 82.5 Å². The van der Waals surface area contributed by atoms with Crippen LogP contribution < -0.4 is 9.64 Å². The van der Waals surface area contributed by atoms with Crippen molar-refractivity contribution in [3.63, 3.8) is 0 Å². The maximum Gasteiger partial charge on any atom is 0.119 e. The Bertz CT molecular complexity index is 1120. The van der Waals surface area contributed by atoms with Gasteiger partial charge in [-0.25, -0.2) is 4.68 Å². The van der Waals surface area contributed by atoms with Crippen LogP contribution in [0.3, 0.4) is 0 Å². The second-order valence-corrected chi connectivity index (χ2v) is 8.07. The van der Waals surface area contributed by atoms with Crippen molar-refractivity contribution in [1.82, 2.24) is 19.7 Å². The third-order valence-electron chi connectivity index (χ3n) is 5.23. The molecule has 0 bridgehead atoms. The van der Waals surface area contributed by atoms with Gasteiger partial charge in [-0.15, -0.1) is 0 Å². The summed E-state index contributed by atoms with van der Waals surface area (Å²) >= 11 is 0. The van der Waals surface area contributed by atoms with Crippen LogP contribution in [0.1, 0.15) is 16.8 Å². The first kappa shape index (κ1) is 21.6. The summed E-state index contributed by atoms with van der Waals surface area (Å²) in [4.78, 5) is 9.05. The van der Waals surface area contributed by atoms with Crippen LogP contribution in [0.4, 0.5) is 5.69 Å². The number of aromatic nitrogens is 3. The smallest absolute Gasteiger partial charge is 0.119 e. The zero-order chi connectivity index (χ0) is 22.3. The Hall–Kier alpha value is -3.64. The summed E-state index contributed by atoms with van der Waals surface area (Å²) in [5.41, 5.74) is 5.68. The zero-order valence-electron chi connectivity index (χ0n) is 18.8. The lowest BCUT2D eigenvalue weighted by Gasteiger charge is -2.26. The standard InChI is InChI=1S/C26H29N5O/c1-29(2)20-23-17-25(12-14-27-23)30(19-22-6-4-7-26(16-22)32-3)18-21-8-10-24(11-9-21)31-15-5-13-28-31/h4-17H,18-20H2,1-3H3. The van der Waals surface area contributed by atoms with Crippen molar-refractivity contribution in [3.8, 4) is 11.4 Å². The van der Waals surface area contributed by atoms with E-state index in [4.69, 9.17) is 4.74 Å². The van der Waals surface area contributed by atoms with Gasteiger partial charge in [0.2, 0.25) is 0 Å². The van der Waals surface area contributed by atoms with Crippen LogP contribution in [0.15, 0.2) is 85.3 Å². The molecule has 4 aromatic rings. The molecule has 0 aliphatic rings. The summed E-state index contributed by atoms with van der Waals surface area (Å²) < 4.78 is 7.30. The van der Waals surface area contributed by atoms with E-state index in [1.807, 2.05) is 35.3 Å². The van der Waals surface area contributed by atoms with Gasteiger partial charge >= 0.3 is 0 Å². The molecule has 0 fully saturated rings. The lowest BCUT2D eigenvalue weighted by molar-refractivity contribution is 0.397. The van der Waals surface area contributed by atoms with Crippen molar-refractivity contribution in [2.24, 2.45) is 0 Å². The molecule has 6 heteroatoms. The molecule has 2 aromatic heterocycles. The van der Waals surface area contributed by atoms with Crippen molar-refractivity contribution >= 4 is 5.69 Å². The van der Waals surface area contributed by atoms with Crippen molar-refractivity contribution in [2.75, 3.05) is 26.1 Å². The van der Waals surface area contributed by atoms with Crippen molar-refractivity contribution in [2.45, 2.75) is 19.6 Å². The fourth-order valence-electron chi connectivity index (χ4n) is 3.70. The average molecular weight is 428 g/mol. The van der Waals surface area contributed by atoms with E-state index in [9.17, 15) is 0 Å². The summed E-state index contributed by atoms with van der Waals surface area (Å²) in [5.74, 6) is 0.869. The van der Waals surface area contributed by atoms with Crippen molar-refractivity contribution in [3.05, 3.63) is 102 Å². The van der Waals surface area contributed by atoms with Crippen LogP contribution in [0.2, 0.25) is 0 Å². The number of pyridine rings is 1. The first-order valence-corrected chi connectivity index (χ1v) is 10.7. The molecule has 2 aromatic carbocycles. The van der Waals surface area contributed by atoms with E-state index in [1.54, 1.807) is 13.3 Å². The van der Waals surface area contributed by atoms with Gasteiger partial charge in [0.15, 0.2) is 0 Å². The van der Waals surface area contributed by atoms with Gasteiger partial charge < -0.3 is 14.5 Å². The molecule has 0 aliphatic heterocycles. The van der Waals surface area contributed by atoms with Gasteiger partial charge in [-0.2, -0.15) is 5.10 Å². The van der Waals surface area contributed by atoms with E-state index in [0.29, 0.717) is 0 Å². The third kappa shape index (κ3) is 5.53.